The molecule has 1 N–H and O–H groups in total. The van der Waals surface area contributed by atoms with Crippen LogP contribution in [0, 0.1) is 0 Å². The van der Waals surface area contributed by atoms with Crippen LogP contribution in [0.3, 0.4) is 0 Å². The highest BCUT2D eigenvalue weighted by Gasteiger charge is 2.16. The van der Waals surface area contributed by atoms with Crippen molar-refractivity contribution in [2.75, 3.05) is 6.54 Å². The Labute approximate surface area is 174 Å². The van der Waals surface area contributed by atoms with Crippen molar-refractivity contribution in [1.82, 2.24) is 15.1 Å². The molecule has 0 saturated carbocycles. The SMILES string of the molecule is CCCc1c(OC(=O)NCCc2c(Cl)cccc2Cl)cnn1-c1ccccc1. The van der Waals surface area contributed by atoms with Crippen LogP contribution in [0.5, 0.6) is 5.75 Å². The summed E-state index contributed by atoms with van der Waals surface area (Å²) in [7, 11) is 0. The number of rotatable bonds is 7. The second-order valence-corrected chi connectivity index (χ2v) is 7.03. The highest BCUT2D eigenvalue weighted by Crippen LogP contribution is 2.25. The monoisotopic (exact) mass is 417 g/mol. The number of aromatic nitrogens is 2. The molecule has 146 valence electrons. The molecule has 7 heteroatoms. The summed E-state index contributed by atoms with van der Waals surface area (Å²) in [6.45, 7) is 2.43. The van der Waals surface area contributed by atoms with Crippen LogP contribution in [0.4, 0.5) is 4.79 Å². The van der Waals surface area contributed by atoms with Gasteiger partial charge in [-0.3, -0.25) is 0 Å². The number of carbonyl (C=O) groups excluding carboxylic acids is 1. The summed E-state index contributed by atoms with van der Waals surface area (Å²) >= 11 is 12.3. The lowest BCUT2D eigenvalue weighted by atomic mass is 10.1. The molecule has 1 aromatic heterocycles. The third-order valence-corrected chi connectivity index (χ3v) is 4.94. The summed E-state index contributed by atoms with van der Waals surface area (Å²) < 4.78 is 7.30. The van der Waals surface area contributed by atoms with Crippen LogP contribution in [0.15, 0.2) is 54.7 Å². The summed E-state index contributed by atoms with van der Waals surface area (Å²) in [4.78, 5) is 12.2. The van der Waals surface area contributed by atoms with E-state index in [-0.39, 0.29) is 0 Å². The van der Waals surface area contributed by atoms with Crippen LogP contribution in [-0.4, -0.2) is 22.4 Å². The number of halogens is 2. The van der Waals surface area contributed by atoms with Gasteiger partial charge in [0.2, 0.25) is 0 Å². The van der Waals surface area contributed by atoms with Crippen molar-refractivity contribution < 1.29 is 9.53 Å². The largest absolute Gasteiger partial charge is 0.412 e. The van der Waals surface area contributed by atoms with Crippen molar-refractivity contribution in [1.29, 1.82) is 0 Å². The Balaban J connectivity index is 1.65. The zero-order valence-electron chi connectivity index (χ0n) is 15.5. The number of benzene rings is 2. The van der Waals surface area contributed by atoms with Crippen molar-refractivity contribution in [3.8, 4) is 11.4 Å². The minimum Gasteiger partial charge on any atom is -0.407 e. The van der Waals surface area contributed by atoms with Gasteiger partial charge in [0, 0.05) is 16.6 Å². The summed E-state index contributed by atoms with van der Waals surface area (Å²) in [6.07, 6.45) is 3.20. The molecule has 1 heterocycles. The molecule has 0 spiro atoms. The van der Waals surface area contributed by atoms with Gasteiger partial charge in [-0.25, -0.2) is 9.48 Å². The van der Waals surface area contributed by atoms with Crippen LogP contribution in [0.25, 0.3) is 5.69 Å². The molecule has 0 aliphatic heterocycles. The van der Waals surface area contributed by atoms with Gasteiger partial charge in [-0.1, -0.05) is 60.8 Å². The number of hydrogen-bond donors (Lipinski definition) is 1. The average Bonchev–Trinajstić information content (AvgIpc) is 3.07. The fourth-order valence-corrected chi connectivity index (χ4v) is 3.48. The zero-order chi connectivity index (χ0) is 19.9. The molecule has 0 atom stereocenters. The molecule has 0 bridgehead atoms. The quantitative estimate of drug-likeness (QED) is 0.554. The molecule has 2 aromatic carbocycles. The Hall–Kier alpha value is -2.50. The van der Waals surface area contributed by atoms with Gasteiger partial charge in [0.05, 0.1) is 17.6 Å². The lowest BCUT2D eigenvalue weighted by Crippen LogP contribution is -2.29. The van der Waals surface area contributed by atoms with E-state index in [1.54, 1.807) is 29.1 Å². The molecule has 3 aromatic rings. The predicted octanol–water partition coefficient (Wildman–Crippen LogP) is 5.46. The number of amides is 1. The number of carbonyl (C=O) groups is 1. The summed E-state index contributed by atoms with van der Waals surface area (Å²) in [6, 6.07) is 15.1. The van der Waals surface area contributed by atoms with E-state index in [0.29, 0.717) is 28.8 Å². The van der Waals surface area contributed by atoms with Crippen molar-refractivity contribution in [3.05, 3.63) is 76.0 Å². The van der Waals surface area contributed by atoms with Gasteiger partial charge in [0.15, 0.2) is 5.75 Å². The molecule has 3 rings (SSSR count). The summed E-state index contributed by atoms with van der Waals surface area (Å²) in [5.41, 5.74) is 2.59. The maximum atomic E-state index is 12.2. The highest BCUT2D eigenvalue weighted by atomic mass is 35.5. The molecule has 1 amide bonds. The van der Waals surface area contributed by atoms with E-state index >= 15 is 0 Å². The lowest BCUT2D eigenvalue weighted by Gasteiger charge is -2.10. The third kappa shape index (κ3) is 4.86. The number of nitrogens with one attached hydrogen (secondary N) is 1. The Morgan fingerprint density at radius 1 is 1.07 bits per heavy atom. The highest BCUT2D eigenvalue weighted by molar-refractivity contribution is 6.35. The maximum absolute atomic E-state index is 12.2. The van der Waals surface area contributed by atoms with Gasteiger partial charge in [-0.2, -0.15) is 5.10 Å². The van der Waals surface area contributed by atoms with E-state index in [0.717, 1.165) is 29.8 Å². The fourth-order valence-electron chi connectivity index (χ4n) is 2.90. The molecule has 5 nitrogen and oxygen atoms in total. The minimum atomic E-state index is -0.534. The first-order valence-electron chi connectivity index (χ1n) is 9.11. The standard InChI is InChI=1S/C21H21Cl2N3O2/c1-2-7-19-20(14-25-26(19)15-8-4-3-5-9-15)28-21(27)24-13-12-16-17(22)10-6-11-18(16)23/h3-6,8-11,14H,2,7,12-13H2,1H3,(H,24,27). The lowest BCUT2D eigenvalue weighted by molar-refractivity contribution is 0.200. The third-order valence-electron chi connectivity index (χ3n) is 4.23. The van der Waals surface area contributed by atoms with Crippen molar-refractivity contribution in [3.63, 3.8) is 0 Å². The molecular weight excluding hydrogens is 397 g/mol. The number of ether oxygens (including phenoxy) is 1. The van der Waals surface area contributed by atoms with Gasteiger partial charge < -0.3 is 10.1 Å². The van der Waals surface area contributed by atoms with Gasteiger partial charge in [0.1, 0.15) is 0 Å². The van der Waals surface area contributed by atoms with Crippen LogP contribution < -0.4 is 10.1 Å². The Kier molecular flexibility index (Phi) is 6.95. The van der Waals surface area contributed by atoms with Crippen LogP contribution >= 0.6 is 23.2 Å². The van der Waals surface area contributed by atoms with Crippen LogP contribution in [0.1, 0.15) is 24.6 Å². The number of nitrogens with zero attached hydrogens (tertiary/aromatic N) is 2. The van der Waals surface area contributed by atoms with E-state index in [1.165, 1.54) is 0 Å². The van der Waals surface area contributed by atoms with Gasteiger partial charge in [0.25, 0.3) is 0 Å². The smallest absolute Gasteiger partial charge is 0.407 e. The second kappa shape index (κ2) is 9.62. The number of para-hydroxylation sites is 1. The summed E-state index contributed by atoms with van der Waals surface area (Å²) in [5.74, 6) is 0.457. The van der Waals surface area contributed by atoms with Gasteiger partial charge >= 0.3 is 6.09 Å². The van der Waals surface area contributed by atoms with E-state index in [9.17, 15) is 4.79 Å². The molecule has 28 heavy (non-hydrogen) atoms. The van der Waals surface area contributed by atoms with Crippen molar-refractivity contribution in [2.45, 2.75) is 26.2 Å². The van der Waals surface area contributed by atoms with Crippen molar-refractivity contribution in [2.24, 2.45) is 0 Å². The Bertz CT molecular complexity index is 922. The predicted molar refractivity (Wildman–Crippen MR) is 112 cm³/mol. The molecular formula is C21H21Cl2N3O2. The maximum Gasteiger partial charge on any atom is 0.412 e. The topological polar surface area (TPSA) is 56.1 Å². The van der Waals surface area contributed by atoms with Gasteiger partial charge in [-0.15, -0.1) is 0 Å². The Morgan fingerprint density at radius 3 is 2.46 bits per heavy atom. The van der Waals surface area contributed by atoms with Gasteiger partial charge in [-0.05, 0) is 42.7 Å². The van der Waals surface area contributed by atoms with Crippen LogP contribution in [-0.2, 0) is 12.8 Å². The zero-order valence-corrected chi connectivity index (χ0v) is 17.0. The molecule has 0 aliphatic rings. The molecule has 0 fully saturated rings. The number of hydrogen-bond acceptors (Lipinski definition) is 3. The first-order valence-corrected chi connectivity index (χ1v) is 9.86. The average molecular weight is 418 g/mol. The van der Waals surface area contributed by atoms with E-state index in [2.05, 4.69) is 17.3 Å². The Morgan fingerprint density at radius 2 is 1.79 bits per heavy atom. The summed E-state index contributed by atoms with van der Waals surface area (Å²) in [5, 5.41) is 8.28. The van der Waals surface area contributed by atoms with E-state index in [1.807, 2.05) is 30.3 Å². The van der Waals surface area contributed by atoms with Crippen LogP contribution in [0.2, 0.25) is 10.0 Å². The fraction of sp³-hybridized carbons (Fsp3) is 0.238. The first-order chi connectivity index (χ1) is 13.6. The molecule has 0 saturated heterocycles. The molecule has 0 radical (unpaired) electrons. The second-order valence-electron chi connectivity index (χ2n) is 6.22. The minimum absolute atomic E-state index is 0.359. The normalized spacial score (nSPS) is 10.7. The van der Waals surface area contributed by atoms with E-state index in [4.69, 9.17) is 27.9 Å². The molecule has 0 unspecified atom stereocenters. The van der Waals surface area contributed by atoms with E-state index < -0.39 is 6.09 Å². The van der Waals surface area contributed by atoms with Crippen molar-refractivity contribution >= 4 is 29.3 Å². The first kappa shape index (κ1) is 20.2. The molecule has 0 aliphatic carbocycles.